The van der Waals surface area contributed by atoms with Crippen LogP contribution in [0.1, 0.15) is 12.0 Å². The average Bonchev–Trinajstić information content (AvgIpc) is 2.36. The van der Waals surface area contributed by atoms with Gasteiger partial charge in [0.1, 0.15) is 0 Å². The second kappa shape index (κ2) is 6.90. The summed E-state index contributed by atoms with van der Waals surface area (Å²) < 4.78 is 29.7. The zero-order valence-corrected chi connectivity index (χ0v) is 11.6. The highest BCUT2D eigenvalue weighted by atomic mass is 32.2. The number of hydrogen-bond donors (Lipinski definition) is 2. The molecule has 0 aliphatic heterocycles. The third-order valence-corrected chi connectivity index (χ3v) is 3.55. The Balaban J connectivity index is 2.65. The first-order chi connectivity index (χ1) is 9.32. The van der Waals surface area contributed by atoms with Crippen LogP contribution in [0.15, 0.2) is 24.3 Å². The van der Waals surface area contributed by atoms with E-state index in [1.54, 1.807) is 12.1 Å². The third-order valence-electron chi connectivity index (χ3n) is 2.39. The van der Waals surface area contributed by atoms with Crippen molar-refractivity contribution in [1.29, 1.82) is 0 Å². The molecule has 2 N–H and O–H groups in total. The standard InChI is InChI=1S/C12H15NO6S/c1-19-12(16)8-20(17,18)13-10-5-2-9(3-6-10)4-7-11(14)15/h2-3,5-6,13H,4,7-8H2,1H3,(H,14,15). The third kappa shape index (κ3) is 5.70. The fourth-order valence-corrected chi connectivity index (χ4v) is 2.42. The number of rotatable bonds is 7. The number of methoxy groups -OCH3 is 1. The highest BCUT2D eigenvalue weighted by Crippen LogP contribution is 2.13. The van der Waals surface area contributed by atoms with Gasteiger partial charge in [0.2, 0.25) is 10.0 Å². The Morgan fingerprint density at radius 2 is 1.85 bits per heavy atom. The van der Waals surface area contributed by atoms with Gasteiger partial charge in [0.05, 0.1) is 7.11 Å². The number of ether oxygens (including phenoxy) is 1. The lowest BCUT2D eigenvalue weighted by Crippen LogP contribution is -2.23. The van der Waals surface area contributed by atoms with Crippen LogP contribution in [0.5, 0.6) is 0 Å². The first-order valence-corrected chi connectivity index (χ1v) is 7.35. The summed E-state index contributed by atoms with van der Waals surface area (Å²) in [6.07, 6.45) is 0.373. The summed E-state index contributed by atoms with van der Waals surface area (Å²) in [5, 5.41) is 8.55. The highest BCUT2D eigenvalue weighted by Gasteiger charge is 2.16. The molecule has 1 aromatic carbocycles. The molecule has 0 atom stereocenters. The smallest absolute Gasteiger partial charge is 0.322 e. The Labute approximate surface area is 116 Å². The number of aliphatic carboxylic acids is 1. The number of carboxylic acid groups (broad SMARTS) is 1. The van der Waals surface area contributed by atoms with Gasteiger partial charge < -0.3 is 9.84 Å². The van der Waals surface area contributed by atoms with Crippen LogP contribution in [0.4, 0.5) is 5.69 Å². The molecule has 8 heteroatoms. The molecule has 20 heavy (non-hydrogen) atoms. The molecular weight excluding hydrogens is 286 g/mol. The highest BCUT2D eigenvalue weighted by molar-refractivity contribution is 7.93. The monoisotopic (exact) mass is 301 g/mol. The normalized spacial score (nSPS) is 10.8. The van der Waals surface area contributed by atoms with Crippen molar-refractivity contribution in [3.8, 4) is 0 Å². The van der Waals surface area contributed by atoms with Gasteiger partial charge in [-0.1, -0.05) is 12.1 Å². The topological polar surface area (TPSA) is 110 Å². The van der Waals surface area contributed by atoms with Crippen LogP contribution in [0, 0.1) is 0 Å². The minimum Gasteiger partial charge on any atom is -0.481 e. The molecular formula is C12H15NO6S. The predicted molar refractivity (Wildman–Crippen MR) is 71.8 cm³/mol. The molecule has 0 aliphatic rings. The molecule has 0 amide bonds. The van der Waals surface area contributed by atoms with Crippen LogP contribution in [0.25, 0.3) is 0 Å². The molecule has 0 saturated heterocycles. The number of carbonyl (C=O) groups excluding carboxylic acids is 1. The quantitative estimate of drug-likeness (QED) is 0.714. The number of carbonyl (C=O) groups is 2. The summed E-state index contributed by atoms with van der Waals surface area (Å²) in [6.45, 7) is 0. The first-order valence-electron chi connectivity index (χ1n) is 5.70. The molecule has 0 heterocycles. The Morgan fingerprint density at radius 1 is 1.25 bits per heavy atom. The van der Waals surface area contributed by atoms with Gasteiger partial charge in [0.25, 0.3) is 0 Å². The van der Waals surface area contributed by atoms with Gasteiger partial charge in [-0.05, 0) is 24.1 Å². The Kier molecular flexibility index (Phi) is 5.51. The van der Waals surface area contributed by atoms with E-state index in [1.165, 1.54) is 12.1 Å². The van der Waals surface area contributed by atoms with Crippen molar-refractivity contribution in [1.82, 2.24) is 0 Å². The number of nitrogens with one attached hydrogen (secondary N) is 1. The second-order valence-corrected chi connectivity index (χ2v) is 5.75. The molecule has 0 fully saturated rings. The number of sulfonamides is 1. The van der Waals surface area contributed by atoms with E-state index < -0.39 is 27.7 Å². The molecule has 0 radical (unpaired) electrons. The maximum Gasteiger partial charge on any atom is 0.322 e. The number of aryl methyl sites for hydroxylation is 1. The molecule has 1 rings (SSSR count). The maximum absolute atomic E-state index is 11.6. The average molecular weight is 301 g/mol. The van der Waals surface area contributed by atoms with Crippen molar-refractivity contribution in [3.63, 3.8) is 0 Å². The number of carboxylic acids is 1. The number of benzene rings is 1. The van der Waals surface area contributed by atoms with Gasteiger partial charge in [0, 0.05) is 12.1 Å². The lowest BCUT2D eigenvalue weighted by Gasteiger charge is -2.07. The van der Waals surface area contributed by atoms with Gasteiger partial charge in [-0.15, -0.1) is 0 Å². The van der Waals surface area contributed by atoms with Crippen LogP contribution >= 0.6 is 0 Å². The number of esters is 1. The molecule has 0 unspecified atom stereocenters. The van der Waals surface area contributed by atoms with E-state index in [0.717, 1.165) is 12.7 Å². The van der Waals surface area contributed by atoms with Crippen molar-refractivity contribution in [2.45, 2.75) is 12.8 Å². The molecule has 0 aliphatic carbocycles. The van der Waals surface area contributed by atoms with Gasteiger partial charge in [-0.2, -0.15) is 0 Å². The van der Waals surface area contributed by atoms with Crippen molar-refractivity contribution in [2.24, 2.45) is 0 Å². The Hall–Kier alpha value is -2.09. The van der Waals surface area contributed by atoms with E-state index in [2.05, 4.69) is 9.46 Å². The van der Waals surface area contributed by atoms with Gasteiger partial charge in [-0.3, -0.25) is 14.3 Å². The SMILES string of the molecule is COC(=O)CS(=O)(=O)Nc1ccc(CCC(=O)O)cc1. The van der Waals surface area contributed by atoms with Crippen LogP contribution in [0.2, 0.25) is 0 Å². The minimum absolute atomic E-state index is 0.00736. The molecule has 0 spiro atoms. The predicted octanol–water partition coefficient (Wildman–Crippen LogP) is 0.618. The van der Waals surface area contributed by atoms with Crippen LogP contribution in [-0.4, -0.2) is 38.3 Å². The summed E-state index contributed by atoms with van der Waals surface area (Å²) >= 11 is 0. The summed E-state index contributed by atoms with van der Waals surface area (Å²) in [4.78, 5) is 21.3. The second-order valence-electron chi connectivity index (χ2n) is 4.03. The van der Waals surface area contributed by atoms with Crippen LogP contribution in [-0.2, 0) is 30.8 Å². The van der Waals surface area contributed by atoms with Crippen LogP contribution in [0.3, 0.4) is 0 Å². The molecule has 0 saturated carbocycles. The lowest BCUT2D eigenvalue weighted by atomic mass is 10.1. The summed E-state index contributed by atoms with van der Waals surface area (Å²) in [5.41, 5.74) is 1.08. The maximum atomic E-state index is 11.6. The van der Waals surface area contributed by atoms with Gasteiger partial charge in [-0.25, -0.2) is 8.42 Å². The van der Waals surface area contributed by atoms with E-state index in [-0.39, 0.29) is 6.42 Å². The Bertz CT molecular complexity index is 578. The molecule has 0 aromatic heterocycles. The van der Waals surface area contributed by atoms with E-state index >= 15 is 0 Å². The van der Waals surface area contributed by atoms with Crippen LogP contribution < -0.4 is 4.72 Å². The largest absolute Gasteiger partial charge is 0.481 e. The first kappa shape index (κ1) is 16.0. The number of hydrogen-bond acceptors (Lipinski definition) is 5. The van der Waals surface area contributed by atoms with Crippen molar-refractivity contribution in [2.75, 3.05) is 17.6 Å². The fourth-order valence-electron chi connectivity index (χ4n) is 1.42. The summed E-state index contributed by atoms with van der Waals surface area (Å²) in [5.74, 6) is -2.51. The van der Waals surface area contributed by atoms with Gasteiger partial charge >= 0.3 is 11.9 Å². The molecule has 7 nitrogen and oxygen atoms in total. The van der Waals surface area contributed by atoms with E-state index in [1.807, 2.05) is 0 Å². The van der Waals surface area contributed by atoms with E-state index in [9.17, 15) is 18.0 Å². The van der Waals surface area contributed by atoms with Crippen molar-refractivity contribution < 1.29 is 27.9 Å². The zero-order valence-electron chi connectivity index (χ0n) is 10.8. The summed E-state index contributed by atoms with van der Waals surface area (Å²) in [7, 11) is -2.70. The van der Waals surface area contributed by atoms with Crippen molar-refractivity contribution in [3.05, 3.63) is 29.8 Å². The van der Waals surface area contributed by atoms with Crippen molar-refractivity contribution >= 4 is 27.6 Å². The fraction of sp³-hybridized carbons (Fsp3) is 0.333. The van der Waals surface area contributed by atoms with Gasteiger partial charge in [0.15, 0.2) is 5.75 Å². The minimum atomic E-state index is -3.80. The van der Waals surface area contributed by atoms with E-state index in [0.29, 0.717) is 12.1 Å². The molecule has 0 bridgehead atoms. The lowest BCUT2D eigenvalue weighted by molar-refractivity contribution is -0.138. The van der Waals surface area contributed by atoms with E-state index in [4.69, 9.17) is 5.11 Å². The summed E-state index contributed by atoms with van der Waals surface area (Å²) in [6, 6.07) is 6.26. The molecule has 110 valence electrons. The molecule has 1 aromatic rings. The Morgan fingerprint density at radius 3 is 2.35 bits per heavy atom. The number of anilines is 1. The zero-order chi connectivity index (χ0) is 15.2.